The molecule has 1 N–H and O–H groups in total. The van der Waals surface area contributed by atoms with Crippen LogP contribution in [0.5, 0.6) is 0 Å². The molecule has 4 heteroatoms. The zero-order valence-corrected chi connectivity index (χ0v) is 7.28. The summed E-state index contributed by atoms with van der Waals surface area (Å²) >= 11 is 0. The van der Waals surface area contributed by atoms with E-state index in [2.05, 4.69) is 0 Å². The van der Waals surface area contributed by atoms with E-state index in [0.29, 0.717) is 6.54 Å². The predicted molar refractivity (Wildman–Crippen MR) is 42.6 cm³/mol. The minimum Gasteiger partial charge on any atom is -0.480 e. The Morgan fingerprint density at radius 2 is 2.33 bits per heavy atom. The minimum atomic E-state index is -0.933. The monoisotopic (exact) mass is 171 g/mol. The van der Waals surface area contributed by atoms with Crippen LogP contribution in [-0.4, -0.2) is 34.5 Å². The fourth-order valence-corrected chi connectivity index (χ4v) is 1.37. The van der Waals surface area contributed by atoms with Gasteiger partial charge in [-0.15, -0.1) is 0 Å². The van der Waals surface area contributed by atoms with E-state index >= 15 is 0 Å². The van der Waals surface area contributed by atoms with E-state index in [9.17, 15) is 9.59 Å². The highest BCUT2D eigenvalue weighted by molar-refractivity contribution is 5.86. The second-order valence-corrected chi connectivity index (χ2v) is 3.24. The Balaban J connectivity index is 2.65. The molecule has 68 valence electrons. The summed E-state index contributed by atoms with van der Waals surface area (Å²) in [7, 11) is 0. The van der Waals surface area contributed by atoms with E-state index in [0.717, 1.165) is 6.42 Å². The van der Waals surface area contributed by atoms with Gasteiger partial charge in [-0.2, -0.15) is 0 Å². The van der Waals surface area contributed by atoms with Crippen molar-refractivity contribution < 1.29 is 14.7 Å². The molecule has 0 aromatic carbocycles. The molecule has 0 aliphatic carbocycles. The average molecular weight is 171 g/mol. The van der Waals surface area contributed by atoms with Crippen molar-refractivity contribution in [2.45, 2.75) is 26.3 Å². The first-order valence-electron chi connectivity index (χ1n) is 4.07. The molecule has 0 radical (unpaired) electrons. The summed E-state index contributed by atoms with van der Waals surface area (Å²) in [5, 5.41) is 8.65. The molecule has 1 fully saturated rings. The van der Waals surface area contributed by atoms with Crippen LogP contribution in [0.15, 0.2) is 0 Å². The third-order valence-electron chi connectivity index (χ3n) is 2.33. The number of rotatable bonds is 2. The Morgan fingerprint density at radius 3 is 2.67 bits per heavy atom. The van der Waals surface area contributed by atoms with E-state index in [1.807, 2.05) is 6.92 Å². The Morgan fingerprint density at radius 1 is 1.75 bits per heavy atom. The predicted octanol–water partition coefficient (Wildman–Crippen LogP) is 0.328. The van der Waals surface area contributed by atoms with E-state index in [4.69, 9.17) is 5.11 Å². The van der Waals surface area contributed by atoms with Gasteiger partial charge in [0.1, 0.15) is 6.04 Å². The highest BCUT2D eigenvalue weighted by atomic mass is 16.4. The van der Waals surface area contributed by atoms with Crippen molar-refractivity contribution >= 4 is 11.9 Å². The smallest absolute Gasteiger partial charge is 0.326 e. The highest BCUT2D eigenvalue weighted by Gasteiger charge is 2.33. The maximum Gasteiger partial charge on any atom is 0.326 e. The van der Waals surface area contributed by atoms with Crippen molar-refractivity contribution in [1.82, 2.24) is 4.90 Å². The first-order valence-corrected chi connectivity index (χ1v) is 4.07. The van der Waals surface area contributed by atoms with Crippen LogP contribution < -0.4 is 0 Å². The van der Waals surface area contributed by atoms with Gasteiger partial charge in [0.05, 0.1) is 0 Å². The fraction of sp³-hybridized carbons (Fsp3) is 0.750. The van der Waals surface area contributed by atoms with Gasteiger partial charge in [0.25, 0.3) is 0 Å². The lowest BCUT2D eigenvalue weighted by Gasteiger charge is -2.20. The van der Waals surface area contributed by atoms with E-state index in [1.54, 1.807) is 0 Å². The molecule has 1 aliphatic heterocycles. The van der Waals surface area contributed by atoms with E-state index in [-0.39, 0.29) is 11.8 Å². The summed E-state index contributed by atoms with van der Waals surface area (Å²) in [6.45, 7) is 3.95. The summed E-state index contributed by atoms with van der Waals surface area (Å²) in [5.74, 6) is -0.978. The summed E-state index contributed by atoms with van der Waals surface area (Å²) in [5.41, 5.74) is 0. The third kappa shape index (κ3) is 1.42. The zero-order chi connectivity index (χ0) is 9.30. The van der Waals surface area contributed by atoms with Crippen molar-refractivity contribution in [3.8, 4) is 0 Å². The molecule has 0 bridgehead atoms. The van der Waals surface area contributed by atoms with Crippen molar-refractivity contribution in [3.63, 3.8) is 0 Å². The topological polar surface area (TPSA) is 57.6 Å². The summed E-state index contributed by atoms with van der Waals surface area (Å²) in [4.78, 5) is 23.3. The standard InChI is InChI=1S/C8H13NO3/c1-5-3-4-9(7(5)10)6(2)8(11)12/h5-6H,3-4H2,1-2H3,(H,11,12). The van der Waals surface area contributed by atoms with Crippen LogP contribution in [0.4, 0.5) is 0 Å². The summed E-state index contributed by atoms with van der Waals surface area (Å²) in [6, 6.07) is -0.678. The molecule has 0 spiro atoms. The van der Waals surface area contributed by atoms with Gasteiger partial charge in [-0.1, -0.05) is 6.92 Å². The quantitative estimate of drug-likeness (QED) is 0.651. The van der Waals surface area contributed by atoms with Gasteiger partial charge in [0, 0.05) is 12.5 Å². The maximum absolute atomic E-state index is 11.3. The van der Waals surface area contributed by atoms with Crippen LogP contribution in [0, 0.1) is 5.92 Å². The molecule has 1 saturated heterocycles. The highest BCUT2D eigenvalue weighted by Crippen LogP contribution is 2.19. The molecule has 1 heterocycles. The number of carboxylic acid groups (broad SMARTS) is 1. The molecule has 2 unspecified atom stereocenters. The molecule has 0 aromatic rings. The van der Waals surface area contributed by atoms with Crippen LogP contribution in [0.2, 0.25) is 0 Å². The summed E-state index contributed by atoms with van der Waals surface area (Å²) in [6.07, 6.45) is 0.774. The second kappa shape index (κ2) is 3.13. The van der Waals surface area contributed by atoms with Gasteiger partial charge in [-0.3, -0.25) is 4.79 Å². The van der Waals surface area contributed by atoms with Gasteiger partial charge >= 0.3 is 5.97 Å². The Kier molecular flexibility index (Phi) is 2.35. The number of carbonyl (C=O) groups excluding carboxylic acids is 1. The molecular weight excluding hydrogens is 158 g/mol. The summed E-state index contributed by atoms with van der Waals surface area (Å²) < 4.78 is 0. The number of nitrogens with zero attached hydrogens (tertiary/aromatic N) is 1. The molecular formula is C8H13NO3. The largest absolute Gasteiger partial charge is 0.480 e. The third-order valence-corrected chi connectivity index (χ3v) is 2.33. The number of hydrogen-bond acceptors (Lipinski definition) is 2. The van der Waals surface area contributed by atoms with Gasteiger partial charge in [0.2, 0.25) is 5.91 Å². The number of carbonyl (C=O) groups is 2. The number of likely N-dealkylation sites (tertiary alicyclic amines) is 1. The van der Waals surface area contributed by atoms with Gasteiger partial charge in [-0.05, 0) is 13.3 Å². The zero-order valence-electron chi connectivity index (χ0n) is 7.28. The first-order chi connectivity index (χ1) is 5.54. The van der Waals surface area contributed by atoms with Crippen molar-refractivity contribution in [3.05, 3.63) is 0 Å². The SMILES string of the molecule is CC1CCN(C(C)C(=O)O)C1=O. The van der Waals surface area contributed by atoms with Crippen LogP contribution in [0.25, 0.3) is 0 Å². The van der Waals surface area contributed by atoms with Crippen molar-refractivity contribution in [1.29, 1.82) is 0 Å². The van der Waals surface area contributed by atoms with Crippen molar-refractivity contribution in [2.24, 2.45) is 5.92 Å². The molecule has 2 atom stereocenters. The van der Waals surface area contributed by atoms with Crippen LogP contribution in [0.1, 0.15) is 20.3 Å². The molecule has 4 nitrogen and oxygen atoms in total. The molecule has 0 aromatic heterocycles. The normalized spacial score (nSPS) is 26.0. The maximum atomic E-state index is 11.3. The number of hydrogen-bond donors (Lipinski definition) is 1. The fourth-order valence-electron chi connectivity index (χ4n) is 1.37. The second-order valence-electron chi connectivity index (χ2n) is 3.24. The molecule has 1 rings (SSSR count). The number of aliphatic carboxylic acids is 1. The molecule has 1 amide bonds. The Hall–Kier alpha value is -1.06. The minimum absolute atomic E-state index is 0.00759. The van der Waals surface area contributed by atoms with Gasteiger partial charge in [0.15, 0.2) is 0 Å². The van der Waals surface area contributed by atoms with Crippen molar-refractivity contribution in [2.75, 3.05) is 6.54 Å². The van der Waals surface area contributed by atoms with Gasteiger partial charge < -0.3 is 10.0 Å². The lowest BCUT2D eigenvalue weighted by molar-refractivity contribution is -0.148. The first kappa shape index (κ1) is 9.03. The average Bonchev–Trinajstić information content (AvgIpc) is 2.32. The number of amides is 1. The number of carboxylic acids is 1. The lowest BCUT2D eigenvalue weighted by Crippen LogP contribution is -2.40. The molecule has 0 saturated carbocycles. The molecule has 12 heavy (non-hydrogen) atoms. The van der Waals surface area contributed by atoms with E-state index < -0.39 is 12.0 Å². The Bertz CT molecular complexity index is 214. The molecule has 1 aliphatic rings. The van der Waals surface area contributed by atoms with Crippen LogP contribution in [-0.2, 0) is 9.59 Å². The Labute approximate surface area is 71.2 Å². The van der Waals surface area contributed by atoms with E-state index in [1.165, 1.54) is 11.8 Å². The van der Waals surface area contributed by atoms with Crippen LogP contribution in [0.3, 0.4) is 0 Å². The lowest BCUT2D eigenvalue weighted by atomic mass is 10.1. The van der Waals surface area contributed by atoms with Gasteiger partial charge in [-0.25, -0.2) is 4.79 Å². The van der Waals surface area contributed by atoms with Crippen LogP contribution >= 0.6 is 0 Å².